The Balaban J connectivity index is 0.975. The van der Waals surface area contributed by atoms with Gasteiger partial charge in [-0.15, -0.1) is 0 Å². The number of hydrogen-bond donors (Lipinski definition) is 0. The van der Waals surface area contributed by atoms with Crippen LogP contribution in [0.3, 0.4) is 0 Å². The van der Waals surface area contributed by atoms with E-state index < -0.39 is 0 Å². The van der Waals surface area contributed by atoms with Crippen molar-refractivity contribution < 1.29 is 9.31 Å². The van der Waals surface area contributed by atoms with Gasteiger partial charge in [-0.2, -0.15) is 0 Å². The summed E-state index contributed by atoms with van der Waals surface area (Å²) in [7, 11) is -0.306. The first-order valence-corrected chi connectivity index (χ1v) is 20.3. The molecule has 7 rings (SSSR count). The van der Waals surface area contributed by atoms with Crippen LogP contribution in [0, 0.1) is 52.3 Å². The monoisotopic (exact) mass is 651 g/mol. The predicted octanol–water partition coefficient (Wildman–Crippen LogP) is 11.9. The van der Waals surface area contributed by atoms with E-state index in [9.17, 15) is 0 Å². The van der Waals surface area contributed by atoms with Crippen LogP contribution in [0.25, 0.3) is 11.1 Å². The van der Waals surface area contributed by atoms with E-state index in [1.807, 2.05) is 0 Å². The van der Waals surface area contributed by atoms with Crippen LogP contribution >= 0.6 is 0 Å². The number of fused-ring (bicyclic) bond motifs is 5. The van der Waals surface area contributed by atoms with Gasteiger partial charge >= 0.3 is 7.12 Å². The summed E-state index contributed by atoms with van der Waals surface area (Å²) < 4.78 is 12.6. The maximum atomic E-state index is 6.28. The van der Waals surface area contributed by atoms with Gasteiger partial charge in [-0.05, 0) is 166 Å². The molecule has 48 heavy (non-hydrogen) atoms. The topological polar surface area (TPSA) is 18.5 Å². The van der Waals surface area contributed by atoms with Crippen molar-refractivity contribution in [1.29, 1.82) is 0 Å². The van der Waals surface area contributed by atoms with E-state index in [1.54, 1.807) is 5.56 Å². The fourth-order valence-electron chi connectivity index (χ4n) is 12.3. The minimum Gasteiger partial charge on any atom is -0.399 e. The Bertz CT molecular complexity index is 1390. The standard InChI is InChI=1S/C45H67BO2/c1-30(2)11-10-12-31(3)39-23-24-40-38-22-19-36-29-35(25-27-44(36,8)41(38)26-28-45(39,40)9)34-15-13-32(14-16-34)33-17-20-37(21-18-33)46-47-42(4,5)43(6,7)48-46/h13-18,20-21,30-31,35-36,38-41H,10-12,19,22-29H2,1-9H3/t31-,35?,36+,38?,39?,40?,41+,44?,45?/m1/s1. The lowest BCUT2D eigenvalue weighted by Gasteiger charge is -2.61. The molecular formula is C45H67BO2. The zero-order chi connectivity index (χ0) is 34.1. The van der Waals surface area contributed by atoms with E-state index in [2.05, 4.69) is 111 Å². The van der Waals surface area contributed by atoms with Gasteiger partial charge in [0.05, 0.1) is 11.2 Å². The molecule has 9 atom stereocenters. The minimum atomic E-state index is -0.315. The van der Waals surface area contributed by atoms with E-state index in [-0.39, 0.29) is 18.3 Å². The van der Waals surface area contributed by atoms with Gasteiger partial charge in [0, 0.05) is 0 Å². The van der Waals surface area contributed by atoms with E-state index >= 15 is 0 Å². The average molecular weight is 651 g/mol. The first-order valence-electron chi connectivity index (χ1n) is 20.3. The van der Waals surface area contributed by atoms with Crippen molar-refractivity contribution in [3.8, 4) is 11.1 Å². The zero-order valence-corrected chi connectivity index (χ0v) is 32.1. The quantitative estimate of drug-likeness (QED) is 0.265. The Kier molecular flexibility index (Phi) is 9.35. The van der Waals surface area contributed by atoms with Crippen LogP contribution in [-0.2, 0) is 9.31 Å². The van der Waals surface area contributed by atoms with Crippen molar-refractivity contribution in [3.05, 3.63) is 54.1 Å². The van der Waals surface area contributed by atoms with E-state index in [4.69, 9.17) is 9.31 Å². The summed E-state index contributed by atoms with van der Waals surface area (Å²) in [6, 6.07) is 18.4. The summed E-state index contributed by atoms with van der Waals surface area (Å²) in [5, 5.41) is 0. The fourth-order valence-corrected chi connectivity index (χ4v) is 12.3. The molecule has 4 aliphatic carbocycles. The second-order valence-corrected chi connectivity index (χ2v) is 19.5. The van der Waals surface area contributed by atoms with Gasteiger partial charge < -0.3 is 9.31 Å². The summed E-state index contributed by atoms with van der Waals surface area (Å²) in [6.07, 6.45) is 17.5. The zero-order valence-electron chi connectivity index (χ0n) is 32.1. The van der Waals surface area contributed by atoms with Gasteiger partial charge in [-0.25, -0.2) is 0 Å². The van der Waals surface area contributed by atoms with Gasteiger partial charge in [0.1, 0.15) is 0 Å². The van der Waals surface area contributed by atoms with Crippen molar-refractivity contribution in [2.45, 2.75) is 156 Å². The highest BCUT2D eigenvalue weighted by molar-refractivity contribution is 6.62. The number of hydrogen-bond acceptors (Lipinski definition) is 2. The predicted molar refractivity (Wildman–Crippen MR) is 203 cm³/mol. The lowest BCUT2D eigenvalue weighted by atomic mass is 9.43. The van der Waals surface area contributed by atoms with Gasteiger partial charge in [-0.1, -0.05) is 102 Å². The molecule has 0 amide bonds. The SMILES string of the molecule is CC(C)CCC[C@@H](C)C1CCC2C3CC[C@H]4CC(c5ccc(-c6ccc(B7OC(C)(C)C(C)(C)O7)cc6)cc5)CCC4(C)[C@H]3CCC21C. The van der Waals surface area contributed by atoms with Crippen LogP contribution in [0.15, 0.2) is 48.5 Å². The fraction of sp³-hybridized carbons (Fsp3) is 0.733. The Morgan fingerprint density at radius 1 is 0.667 bits per heavy atom. The van der Waals surface area contributed by atoms with Crippen LogP contribution in [0.2, 0.25) is 0 Å². The Morgan fingerprint density at radius 2 is 1.27 bits per heavy atom. The van der Waals surface area contributed by atoms with Crippen LogP contribution in [0.5, 0.6) is 0 Å². The van der Waals surface area contributed by atoms with Crippen LogP contribution in [0.4, 0.5) is 0 Å². The lowest BCUT2D eigenvalue weighted by Crippen LogP contribution is -2.53. The summed E-state index contributed by atoms with van der Waals surface area (Å²) >= 11 is 0. The molecule has 2 nitrogen and oxygen atoms in total. The average Bonchev–Trinajstić information content (AvgIpc) is 3.51. The largest absolute Gasteiger partial charge is 0.494 e. The molecule has 6 unspecified atom stereocenters. The maximum Gasteiger partial charge on any atom is 0.494 e. The lowest BCUT2D eigenvalue weighted by molar-refractivity contribution is -0.117. The van der Waals surface area contributed by atoms with Crippen molar-refractivity contribution in [3.63, 3.8) is 0 Å². The van der Waals surface area contributed by atoms with E-state index in [1.165, 1.54) is 88.2 Å². The third kappa shape index (κ3) is 6.08. The van der Waals surface area contributed by atoms with Gasteiger partial charge in [0.2, 0.25) is 0 Å². The first-order chi connectivity index (χ1) is 22.7. The summed E-state index contributed by atoms with van der Waals surface area (Å²) in [6.45, 7) is 21.4. The van der Waals surface area contributed by atoms with Crippen molar-refractivity contribution >= 4 is 12.6 Å². The molecule has 0 bridgehead atoms. The molecule has 2 aromatic rings. The summed E-state index contributed by atoms with van der Waals surface area (Å²) in [5.74, 6) is 7.29. The maximum absolute atomic E-state index is 6.28. The number of benzene rings is 2. The van der Waals surface area contributed by atoms with E-state index in [0.29, 0.717) is 10.8 Å². The third-order valence-electron chi connectivity index (χ3n) is 16.0. The molecule has 5 fully saturated rings. The summed E-state index contributed by atoms with van der Waals surface area (Å²) in [4.78, 5) is 0. The molecule has 0 N–H and O–H groups in total. The molecule has 0 aromatic heterocycles. The third-order valence-corrected chi connectivity index (χ3v) is 16.0. The van der Waals surface area contributed by atoms with Crippen LogP contribution in [0.1, 0.15) is 151 Å². The van der Waals surface area contributed by atoms with Crippen molar-refractivity contribution in [2.75, 3.05) is 0 Å². The highest BCUT2D eigenvalue weighted by Crippen LogP contribution is 2.69. The van der Waals surface area contributed by atoms with Gasteiger partial charge in [0.15, 0.2) is 0 Å². The van der Waals surface area contributed by atoms with Crippen molar-refractivity contribution in [1.82, 2.24) is 0 Å². The number of rotatable bonds is 8. The highest BCUT2D eigenvalue weighted by Gasteiger charge is 2.60. The molecule has 1 heterocycles. The summed E-state index contributed by atoms with van der Waals surface area (Å²) in [5.41, 5.74) is 5.76. The van der Waals surface area contributed by atoms with E-state index in [0.717, 1.165) is 52.8 Å². The molecule has 262 valence electrons. The molecule has 2 aromatic carbocycles. The normalized spacial score (nSPS) is 37.6. The Morgan fingerprint density at radius 3 is 1.92 bits per heavy atom. The molecule has 1 saturated heterocycles. The minimum absolute atomic E-state index is 0.306. The van der Waals surface area contributed by atoms with Gasteiger partial charge in [-0.3, -0.25) is 0 Å². The Labute approximate surface area is 295 Å². The molecule has 0 spiro atoms. The molecule has 3 heteroatoms. The molecule has 5 aliphatic rings. The first kappa shape index (κ1) is 34.9. The second kappa shape index (κ2) is 12.9. The van der Waals surface area contributed by atoms with Crippen molar-refractivity contribution in [2.24, 2.45) is 52.3 Å². The molecule has 0 radical (unpaired) electrons. The molecule has 4 saturated carbocycles. The van der Waals surface area contributed by atoms with Crippen LogP contribution < -0.4 is 5.46 Å². The molecular weight excluding hydrogens is 583 g/mol. The highest BCUT2D eigenvalue weighted by atomic mass is 16.7. The van der Waals surface area contributed by atoms with Crippen LogP contribution in [-0.4, -0.2) is 18.3 Å². The molecule has 1 aliphatic heterocycles. The Hall–Kier alpha value is -1.58. The second-order valence-electron chi connectivity index (χ2n) is 19.5. The smallest absolute Gasteiger partial charge is 0.399 e. The van der Waals surface area contributed by atoms with Gasteiger partial charge in [0.25, 0.3) is 0 Å².